The van der Waals surface area contributed by atoms with Crippen molar-refractivity contribution in [1.82, 2.24) is 4.98 Å². The van der Waals surface area contributed by atoms with Gasteiger partial charge in [-0.05, 0) is 30.0 Å². The average molecular weight is 310 g/mol. The van der Waals surface area contributed by atoms with Gasteiger partial charge in [-0.2, -0.15) is 0 Å². The van der Waals surface area contributed by atoms with Crippen molar-refractivity contribution in [3.63, 3.8) is 0 Å². The first-order chi connectivity index (χ1) is 11.0. The fourth-order valence-electron chi connectivity index (χ4n) is 2.04. The van der Waals surface area contributed by atoms with E-state index < -0.39 is 0 Å². The summed E-state index contributed by atoms with van der Waals surface area (Å²) in [6.07, 6.45) is 1.52. The number of fused-ring (bicyclic) bond motifs is 1. The van der Waals surface area contributed by atoms with E-state index in [-0.39, 0.29) is 17.5 Å². The second kappa shape index (κ2) is 7.26. The molecule has 0 bridgehead atoms. The topological polar surface area (TPSA) is 85.4 Å². The largest absolute Gasteiger partial charge is 0.504 e. The number of carbonyl (C=O) groups excluding carboxylic acids is 1. The van der Waals surface area contributed by atoms with Crippen LogP contribution in [0.3, 0.4) is 0 Å². The molecular formula is C18H18N2O3. The Bertz CT molecular complexity index is 810. The highest BCUT2D eigenvalue weighted by molar-refractivity contribution is 5.91. The summed E-state index contributed by atoms with van der Waals surface area (Å²) >= 11 is 0. The molecule has 0 radical (unpaired) electrons. The number of anilines is 1. The molecule has 3 N–H and O–H groups in total. The van der Waals surface area contributed by atoms with E-state index in [0.717, 1.165) is 16.3 Å². The van der Waals surface area contributed by atoms with Gasteiger partial charge in [0, 0.05) is 18.5 Å². The van der Waals surface area contributed by atoms with Gasteiger partial charge in [0.2, 0.25) is 0 Å². The molecule has 0 aliphatic heterocycles. The van der Waals surface area contributed by atoms with Crippen LogP contribution in [-0.4, -0.2) is 16.1 Å². The quantitative estimate of drug-likeness (QED) is 0.531. The summed E-state index contributed by atoms with van der Waals surface area (Å²) in [5.74, 6) is 0.593. The molecule has 1 aromatic heterocycles. The third-order valence-corrected chi connectivity index (χ3v) is 3.14. The highest BCUT2D eigenvalue weighted by Gasteiger charge is 2.07. The standard InChI is InChI=1S/C13H12O2.C5H6N2O/c1-9-7-8-11-5-3-4-6-12(11)13(9)15-10(2)14;6-5-4(8)2-1-3-7-5/h3-8H,1-2H3;1-3,8H,(H2,6,7). The fraction of sp³-hybridized carbons (Fsp3) is 0.111. The van der Waals surface area contributed by atoms with Gasteiger partial charge in [0.25, 0.3) is 0 Å². The van der Waals surface area contributed by atoms with Crippen LogP contribution >= 0.6 is 0 Å². The Labute approximate surface area is 134 Å². The molecule has 0 saturated carbocycles. The van der Waals surface area contributed by atoms with Crippen LogP contribution in [0.2, 0.25) is 0 Å². The SMILES string of the molecule is CC(=O)Oc1c(C)ccc2ccccc12.Nc1ncccc1O. The molecule has 5 heteroatoms. The fourth-order valence-corrected chi connectivity index (χ4v) is 2.04. The van der Waals surface area contributed by atoms with Crippen molar-refractivity contribution in [1.29, 1.82) is 0 Å². The Morgan fingerprint density at radius 3 is 2.48 bits per heavy atom. The van der Waals surface area contributed by atoms with Gasteiger partial charge in [-0.3, -0.25) is 4.79 Å². The highest BCUT2D eigenvalue weighted by atomic mass is 16.5. The van der Waals surface area contributed by atoms with E-state index in [2.05, 4.69) is 4.98 Å². The molecule has 5 nitrogen and oxygen atoms in total. The Hall–Kier alpha value is -3.08. The number of ether oxygens (including phenoxy) is 1. The van der Waals surface area contributed by atoms with Crippen molar-refractivity contribution >= 4 is 22.6 Å². The number of benzene rings is 2. The number of nitrogen functional groups attached to an aromatic ring is 1. The van der Waals surface area contributed by atoms with Gasteiger partial charge >= 0.3 is 5.97 Å². The van der Waals surface area contributed by atoms with Gasteiger partial charge in [-0.1, -0.05) is 36.4 Å². The number of aryl methyl sites for hydroxylation is 1. The van der Waals surface area contributed by atoms with E-state index in [4.69, 9.17) is 15.6 Å². The molecule has 2 aromatic carbocycles. The van der Waals surface area contributed by atoms with Crippen molar-refractivity contribution in [3.05, 3.63) is 60.3 Å². The monoisotopic (exact) mass is 310 g/mol. The molecule has 3 aromatic rings. The number of carbonyl (C=O) groups is 1. The molecular weight excluding hydrogens is 292 g/mol. The first-order valence-corrected chi connectivity index (χ1v) is 7.05. The first-order valence-electron chi connectivity index (χ1n) is 7.05. The number of pyridine rings is 1. The molecule has 0 aliphatic rings. The predicted molar refractivity (Wildman–Crippen MR) is 90.3 cm³/mol. The van der Waals surface area contributed by atoms with E-state index in [9.17, 15) is 4.79 Å². The van der Waals surface area contributed by atoms with Crippen LogP contribution in [0, 0.1) is 6.92 Å². The van der Waals surface area contributed by atoms with Crippen molar-refractivity contribution in [2.24, 2.45) is 0 Å². The van der Waals surface area contributed by atoms with Gasteiger partial charge < -0.3 is 15.6 Å². The van der Waals surface area contributed by atoms with Gasteiger partial charge in [0.15, 0.2) is 11.6 Å². The van der Waals surface area contributed by atoms with Gasteiger partial charge in [0.05, 0.1) is 0 Å². The van der Waals surface area contributed by atoms with Gasteiger partial charge in [0.1, 0.15) is 5.75 Å². The maximum Gasteiger partial charge on any atom is 0.308 e. The van der Waals surface area contributed by atoms with Crippen LogP contribution in [0.5, 0.6) is 11.5 Å². The maximum atomic E-state index is 11.0. The summed E-state index contributed by atoms with van der Waals surface area (Å²) in [6, 6.07) is 15.0. The zero-order valence-electron chi connectivity index (χ0n) is 13.0. The molecule has 118 valence electrons. The van der Waals surface area contributed by atoms with Crippen LogP contribution in [-0.2, 0) is 4.79 Å². The van der Waals surface area contributed by atoms with E-state index in [1.165, 1.54) is 19.2 Å². The molecule has 23 heavy (non-hydrogen) atoms. The van der Waals surface area contributed by atoms with Crippen molar-refractivity contribution in [3.8, 4) is 11.5 Å². The summed E-state index contributed by atoms with van der Waals surface area (Å²) in [7, 11) is 0. The summed E-state index contributed by atoms with van der Waals surface area (Å²) in [4.78, 5) is 14.6. The number of nitrogens with zero attached hydrogens (tertiary/aromatic N) is 1. The number of hydrogen-bond acceptors (Lipinski definition) is 5. The van der Waals surface area contributed by atoms with Crippen LogP contribution in [0.1, 0.15) is 12.5 Å². The molecule has 0 atom stereocenters. The summed E-state index contributed by atoms with van der Waals surface area (Å²) in [6.45, 7) is 3.35. The lowest BCUT2D eigenvalue weighted by molar-refractivity contribution is -0.131. The average Bonchev–Trinajstić information content (AvgIpc) is 2.53. The molecule has 0 fully saturated rings. The van der Waals surface area contributed by atoms with Crippen LogP contribution in [0.15, 0.2) is 54.7 Å². The molecule has 0 unspecified atom stereocenters. The van der Waals surface area contributed by atoms with Crippen LogP contribution in [0.25, 0.3) is 10.8 Å². The number of esters is 1. The van der Waals surface area contributed by atoms with E-state index in [0.29, 0.717) is 5.75 Å². The molecule has 0 spiro atoms. The zero-order chi connectivity index (χ0) is 16.8. The lowest BCUT2D eigenvalue weighted by Gasteiger charge is -2.08. The number of rotatable bonds is 1. The maximum absolute atomic E-state index is 11.0. The zero-order valence-corrected chi connectivity index (χ0v) is 13.0. The molecule has 0 saturated heterocycles. The molecule has 1 heterocycles. The van der Waals surface area contributed by atoms with Crippen LogP contribution in [0.4, 0.5) is 5.82 Å². The van der Waals surface area contributed by atoms with Crippen LogP contribution < -0.4 is 10.5 Å². The lowest BCUT2D eigenvalue weighted by Crippen LogP contribution is -2.03. The second-order valence-corrected chi connectivity index (χ2v) is 4.93. The Morgan fingerprint density at radius 1 is 1.13 bits per heavy atom. The summed E-state index contributed by atoms with van der Waals surface area (Å²) < 4.78 is 5.22. The third-order valence-electron chi connectivity index (χ3n) is 3.14. The first kappa shape index (κ1) is 16.3. The minimum Gasteiger partial charge on any atom is -0.504 e. The highest BCUT2D eigenvalue weighted by Crippen LogP contribution is 2.29. The number of aromatic hydroxyl groups is 1. The normalized spacial score (nSPS) is 9.83. The number of nitrogens with two attached hydrogens (primary N) is 1. The predicted octanol–water partition coefficient (Wildman–Crippen LogP) is 3.44. The third kappa shape index (κ3) is 4.20. The van der Waals surface area contributed by atoms with Gasteiger partial charge in [-0.25, -0.2) is 4.98 Å². The minimum absolute atomic E-state index is 0.0347. The van der Waals surface area contributed by atoms with E-state index >= 15 is 0 Å². The lowest BCUT2D eigenvalue weighted by atomic mass is 10.1. The van der Waals surface area contributed by atoms with E-state index in [1.807, 2.05) is 43.3 Å². The van der Waals surface area contributed by atoms with Crippen molar-refractivity contribution < 1.29 is 14.6 Å². The second-order valence-electron chi connectivity index (χ2n) is 4.93. The number of hydrogen-bond donors (Lipinski definition) is 2. The Balaban J connectivity index is 0.000000203. The van der Waals surface area contributed by atoms with Crippen molar-refractivity contribution in [2.45, 2.75) is 13.8 Å². The molecule has 3 rings (SSSR count). The number of aromatic nitrogens is 1. The Kier molecular flexibility index (Phi) is 5.15. The molecule has 0 amide bonds. The van der Waals surface area contributed by atoms with Gasteiger partial charge in [-0.15, -0.1) is 0 Å². The Morgan fingerprint density at radius 2 is 1.87 bits per heavy atom. The summed E-state index contributed by atoms with van der Waals surface area (Å²) in [5.41, 5.74) is 6.13. The van der Waals surface area contributed by atoms with Crippen molar-refractivity contribution in [2.75, 3.05) is 5.73 Å². The minimum atomic E-state index is -0.283. The summed E-state index contributed by atoms with van der Waals surface area (Å²) in [5, 5.41) is 10.8. The smallest absolute Gasteiger partial charge is 0.308 e. The van der Waals surface area contributed by atoms with E-state index in [1.54, 1.807) is 6.07 Å². The molecule has 0 aliphatic carbocycles.